The first-order valence-electron chi connectivity index (χ1n) is 9.40. The molecule has 0 radical (unpaired) electrons. The molecular formula is C22H18ClN3O3S. The Morgan fingerprint density at radius 2 is 1.70 bits per heavy atom. The van der Waals surface area contributed by atoms with Crippen molar-refractivity contribution in [1.82, 2.24) is 9.47 Å². The normalized spacial score (nSPS) is 14.6. The van der Waals surface area contributed by atoms with Crippen LogP contribution in [-0.2, 0) is 22.7 Å². The van der Waals surface area contributed by atoms with Crippen LogP contribution in [0.4, 0.5) is 0 Å². The van der Waals surface area contributed by atoms with Crippen LogP contribution >= 0.6 is 22.9 Å². The molecule has 4 rings (SSSR count). The molecule has 0 spiro atoms. The minimum Gasteiger partial charge on any atom is -0.319 e. The summed E-state index contributed by atoms with van der Waals surface area (Å²) in [6, 6.07) is 14.4. The van der Waals surface area contributed by atoms with Crippen LogP contribution in [0.2, 0.25) is 5.02 Å². The average molecular weight is 440 g/mol. The third-order valence-corrected chi connectivity index (χ3v) is 6.02. The molecule has 0 N–H and O–H groups in total. The maximum Gasteiger partial charge on any atom is 0.279 e. The highest BCUT2D eigenvalue weighted by molar-refractivity contribution is 7.07. The minimum absolute atomic E-state index is 0.157. The Kier molecular flexibility index (Phi) is 5.92. The Hall–Kier alpha value is -3.03. The van der Waals surface area contributed by atoms with E-state index in [1.54, 1.807) is 24.3 Å². The fraction of sp³-hybridized carbons (Fsp3) is 0.182. The smallest absolute Gasteiger partial charge is 0.279 e. The molecule has 0 atom stereocenters. The molecule has 2 heterocycles. The summed E-state index contributed by atoms with van der Waals surface area (Å²) in [5.41, 5.74) is 2.18. The highest BCUT2D eigenvalue weighted by atomic mass is 35.5. The first kappa shape index (κ1) is 20.3. The summed E-state index contributed by atoms with van der Waals surface area (Å²) in [5.74, 6) is -0.669. The van der Waals surface area contributed by atoms with Gasteiger partial charge in [-0.3, -0.25) is 19.3 Å². The Bertz CT molecular complexity index is 1160. The molecule has 8 heteroatoms. The zero-order valence-electron chi connectivity index (χ0n) is 16.0. The molecule has 6 nitrogen and oxygen atoms in total. The maximum atomic E-state index is 12.6. The van der Waals surface area contributed by atoms with Crippen LogP contribution in [-0.4, -0.2) is 27.2 Å². The summed E-state index contributed by atoms with van der Waals surface area (Å²) in [5, 5.41) is 2.54. The van der Waals surface area contributed by atoms with Gasteiger partial charge in [-0.15, -0.1) is 11.3 Å². The summed E-state index contributed by atoms with van der Waals surface area (Å²) < 4.78 is 1.88. The number of carbonyl (C=O) groups excluding carboxylic acids is 3. The van der Waals surface area contributed by atoms with Gasteiger partial charge in [-0.1, -0.05) is 41.9 Å². The second kappa shape index (κ2) is 8.77. The minimum atomic E-state index is -0.356. The number of hydrogen-bond donors (Lipinski definition) is 0. The third-order valence-electron chi connectivity index (χ3n) is 4.85. The topological polar surface area (TPSA) is 71.7 Å². The van der Waals surface area contributed by atoms with Gasteiger partial charge in [0.15, 0.2) is 4.80 Å². The highest BCUT2D eigenvalue weighted by Crippen LogP contribution is 2.17. The lowest BCUT2D eigenvalue weighted by molar-refractivity contribution is -0.139. The number of carbonyl (C=O) groups is 3. The molecule has 1 fully saturated rings. The van der Waals surface area contributed by atoms with Crippen LogP contribution in [0, 0.1) is 0 Å². The summed E-state index contributed by atoms with van der Waals surface area (Å²) in [4.78, 5) is 42.2. The number of rotatable bonds is 5. The maximum absolute atomic E-state index is 12.6. The molecule has 2 aromatic carbocycles. The zero-order valence-corrected chi connectivity index (χ0v) is 17.5. The van der Waals surface area contributed by atoms with E-state index in [9.17, 15) is 14.4 Å². The lowest BCUT2D eigenvalue weighted by Crippen LogP contribution is -2.28. The third kappa shape index (κ3) is 4.42. The molecule has 1 aliphatic rings. The van der Waals surface area contributed by atoms with Crippen LogP contribution < -0.4 is 4.80 Å². The van der Waals surface area contributed by atoms with E-state index >= 15 is 0 Å². The van der Waals surface area contributed by atoms with Crippen LogP contribution in [0.5, 0.6) is 0 Å². The average Bonchev–Trinajstić information content (AvgIpc) is 3.31. The van der Waals surface area contributed by atoms with Gasteiger partial charge >= 0.3 is 0 Å². The standard InChI is InChI=1S/C22H18ClN3O3S/c23-18-4-2-1-3-17(18)14-25-11-12-30-22(25)24-21(29)16-7-5-15(6-8-16)13-26-19(27)9-10-20(26)28/h1-8,11-12H,9-10,13-14H2. The fourth-order valence-corrected chi connectivity index (χ4v) is 4.12. The van der Waals surface area contributed by atoms with Crippen molar-refractivity contribution < 1.29 is 14.4 Å². The monoisotopic (exact) mass is 439 g/mol. The molecule has 1 aromatic heterocycles. The van der Waals surface area contributed by atoms with Crippen molar-refractivity contribution in [3.8, 4) is 0 Å². The second-order valence-electron chi connectivity index (χ2n) is 6.89. The van der Waals surface area contributed by atoms with Crippen molar-refractivity contribution in [1.29, 1.82) is 0 Å². The zero-order chi connectivity index (χ0) is 21.1. The van der Waals surface area contributed by atoms with Gasteiger partial charge in [0.1, 0.15) is 0 Å². The van der Waals surface area contributed by atoms with Gasteiger partial charge in [0.25, 0.3) is 5.91 Å². The van der Waals surface area contributed by atoms with E-state index in [4.69, 9.17) is 11.6 Å². The molecule has 3 aromatic rings. The quantitative estimate of drug-likeness (QED) is 0.570. The van der Waals surface area contributed by atoms with Crippen LogP contribution in [0.3, 0.4) is 0 Å². The van der Waals surface area contributed by atoms with Crippen LogP contribution in [0.1, 0.15) is 34.3 Å². The number of halogens is 1. The molecule has 3 amide bonds. The molecule has 1 saturated heterocycles. The molecule has 0 bridgehead atoms. The largest absolute Gasteiger partial charge is 0.319 e. The molecule has 1 aliphatic heterocycles. The number of thiazole rings is 1. The van der Waals surface area contributed by atoms with Crippen molar-refractivity contribution >= 4 is 40.7 Å². The van der Waals surface area contributed by atoms with Crippen molar-refractivity contribution in [2.75, 3.05) is 0 Å². The predicted octanol–water partition coefficient (Wildman–Crippen LogP) is 3.64. The summed E-state index contributed by atoms with van der Waals surface area (Å²) in [6.45, 7) is 0.748. The predicted molar refractivity (Wildman–Crippen MR) is 114 cm³/mol. The Morgan fingerprint density at radius 3 is 2.40 bits per heavy atom. The molecular weight excluding hydrogens is 422 g/mol. The fourth-order valence-electron chi connectivity index (χ4n) is 3.20. The van der Waals surface area contributed by atoms with E-state index in [0.29, 0.717) is 21.9 Å². The molecule has 0 aliphatic carbocycles. The number of imide groups is 1. The van der Waals surface area contributed by atoms with E-state index < -0.39 is 0 Å². The van der Waals surface area contributed by atoms with Crippen LogP contribution in [0.25, 0.3) is 0 Å². The number of hydrogen-bond acceptors (Lipinski definition) is 4. The summed E-state index contributed by atoms with van der Waals surface area (Å²) in [7, 11) is 0. The van der Waals surface area contributed by atoms with E-state index in [2.05, 4.69) is 4.99 Å². The Morgan fingerprint density at radius 1 is 1.00 bits per heavy atom. The SMILES string of the molecule is O=C(N=c1sccn1Cc1ccccc1Cl)c1ccc(CN2C(=O)CCC2=O)cc1. The van der Waals surface area contributed by atoms with Gasteiger partial charge in [0.05, 0.1) is 13.1 Å². The van der Waals surface area contributed by atoms with Gasteiger partial charge < -0.3 is 4.57 Å². The van der Waals surface area contributed by atoms with Gasteiger partial charge in [-0.25, -0.2) is 0 Å². The van der Waals surface area contributed by atoms with Gasteiger partial charge in [0, 0.05) is 35.0 Å². The van der Waals surface area contributed by atoms with Gasteiger partial charge in [-0.05, 0) is 29.3 Å². The van der Waals surface area contributed by atoms with Crippen LogP contribution in [0.15, 0.2) is 65.1 Å². The number of nitrogens with zero attached hydrogens (tertiary/aromatic N) is 3. The summed E-state index contributed by atoms with van der Waals surface area (Å²) in [6.07, 6.45) is 2.40. The van der Waals surface area contributed by atoms with Crippen molar-refractivity contribution in [2.45, 2.75) is 25.9 Å². The van der Waals surface area contributed by atoms with Gasteiger partial charge in [0.2, 0.25) is 11.8 Å². The lowest BCUT2D eigenvalue weighted by atomic mass is 10.1. The van der Waals surface area contributed by atoms with Crippen molar-refractivity contribution in [2.24, 2.45) is 4.99 Å². The highest BCUT2D eigenvalue weighted by Gasteiger charge is 2.28. The molecule has 30 heavy (non-hydrogen) atoms. The second-order valence-corrected chi connectivity index (χ2v) is 8.17. The summed E-state index contributed by atoms with van der Waals surface area (Å²) >= 11 is 7.61. The number of likely N-dealkylation sites (tertiary alicyclic amines) is 1. The van der Waals surface area contributed by atoms with E-state index in [-0.39, 0.29) is 37.1 Å². The number of amides is 3. The lowest BCUT2D eigenvalue weighted by Gasteiger charge is -2.13. The van der Waals surface area contributed by atoms with Crippen molar-refractivity contribution in [3.05, 3.63) is 86.6 Å². The molecule has 152 valence electrons. The Balaban J connectivity index is 1.50. The van der Waals surface area contributed by atoms with Gasteiger partial charge in [-0.2, -0.15) is 4.99 Å². The first-order chi connectivity index (χ1) is 14.5. The number of aromatic nitrogens is 1. The van der Waals surface area contributed by atoms with Crippen molar-refractivity contribution in [3.63, 3.8) is 0 Å². The van der Waals surface area contributed by atoms with E-state index in [1.165, 1.54) is 16.2 Å². The molecule has 0 unspecified atom stereocenters. The first-order valence-corrected chi connectivity index (χ1v) is 10.7. The number of benzene rings is 2. The molecule has 0 saturated carbocycles. The Labute approximate surface area is 182 Å². The van der Waals surface area contributed by atoms with E-state index in [1.807, 2.05) is 40.4 Å². The van der Waals surface area contributed by atoms with E-state index in [0.717, 1.165) is 11.1 Å².